The summed E-state index contributed by atoms with van der Waals surface area (Å²) in [7, 11) is 0. The quantitative estimate of drug-likeness (QED) is 0.568. The highest BCUT2D eigenvalue weighted by molar-refractivity contribution is 6.14. The van der Waals surface area contributed by atoms with Gasteiger partial charge < -0.3 is 0 Å². The van der Waals surface area contributed by atoms with Gasteiger partial charge in [0.05, 0.1) is 11.3 Å². The Hall–Kier alpha value is -0.920. The molecule has 0 radical (unpaired) electrons. The van der Waals surface area contributed by atoms with E-state index < -0.39 is 0 Å². The Morgan fingerprint density at radius 1 is 1.13 bits per heavy atom. The van der Waals surface area contributed by atoms with E-state index in [0.717, 1.165) is 50.5 Å². The van der Waals surface area contributed by atoms with E-state index in [0.29, 0.717) is 0 Å². The topological polar surface area (TPSA) is 34.1 Å². The summed E-state index contributed by atoms with van der Waals surface area (Å²) in [6.45, 7) is 0. The molecule has 2 heteroatoms. The molecule has 0 aromatic heterocycles. The average molecular weight is 204 g/mol. The van der Waals surface area contributed by atoms with Crippen molar-refractivity contribution >= 4 is 11.6 Å². The maximum Gasteiger partial charge on any atom is 0.166 e. The van der Waals surface area contributed by atoms with Crippen LogP contribution in [0.15, 0.2) is 11.6 Å². The number of hydrogen-bond acceptors (Lipinski definition) is 2. The average Bonchev–Trinajstić information content (AvgIpc) is 2.54. The summed E-state index contributed by atoms with van der Waals surface area (Å²) in [5.41, 5.74) is 0.977. The van der Waals surface area contributed by atoms with Crippen molar-refractivity contribution in [3.63, 3.8) is 0 Å². The van der Waals surface area contributed by atoms with Gasteiger partial charge in [-0.3, -0.25) is 9.59 Å². The van der Waals surface area contributed by atoms with Gasteiger partial charge in [-0.05, 0) is 38.2 Å². The Morgan fingerprint density at radius 2 is 1.93 bits per heavy atom. The molecular formula is C13H16O2. The molecule has 0 aliphatic heterocycles. The first-order valence-electron chi connectivity index (χ1n) is 6.03. The van der Waals surface area contributed by atoms with E-state index in [4.69, 9.17) is 0 Å². The first-order chi connectivity index (χ1) is 7.24. The van der Waals surface area contributed by atoms with Crippen LogP contribution in [0.25, 0.3) is 0 Å². The van der Waals surface area contributed by atoms with Crippen molar-refractivity contribution in [2.24, 2.45) is 11.3 Å². The number of fused-ring (bicyclic) bond motifs is 1. The Balaban J connectivity index is 2.14. The van der Waals surface area contributed by atoms with E-state index in [1.165, 1.54) is 0 Å². The molecule has 2 atom stereocenters. The van der Waals surface area contributed by atoms with E-state index in [1.807, 2.05) is 6.08 Å². The van der Waals surface area contributed by atoms with E-state index in [1.54, 1.807) is 0 Å². The summed E-state index contributed by atoms with van der Waals surface area (Å²) in [6.07, 6.45) is 8.84. The lowest BCUT2D eigenvalue weighted by Crippen LogP contribution is -2.40. The highest BCUT2D eigenvalue weighted by atomic mass is 16.2. The monoisotopic (exact) mass is 204 g/mol. The van der Waals surface area contributed by atoms with Crippen LogP contribution in [0.3, 0.4) is 0 Å². The van der Waals surface area contributed by atoms with Gasteiger partial charge >= 0.3 is 0 Å². The number of ketones is 2. The lowest BCUT2D eigenvalue weighted by atomic mass is 9.67. The van der Waals surface area contributed by atoms with E-state index >= 15 is 0 Å². The molecule has 0 heterocycles. The zero-order valence-corrected chi connectivity index (χ0v) is 8.92. The second kappa shape index (κ2) is 3.03. The normalized spacial score (nSPS) is 39.7. The first kappa shape index (κ1) is 9.32. The minimum absolute atomic E-state index is 0.0921. The van der Waals surface area contributed by atoms with Crippen LogP contribution in [0.4, 0.5) is 0 Å². The van der Waals surface area contributed by atoms with Crippen LogP contribution in [0, 0.1) is 11.3 Å². The van der Waals surface area contributed by atoms with Crippen LogP contribution in [-0.4, -0.2) is 11.6 Å². The van der Waals surface area contributed by atoms with Crippen molar-refractivity contribution in [3.05, 3.63) is 11.6 Å². The molecule has 15 heavy (non-hydrogen) atoms. The number of allylic oxidation sites excluding steroid dienone is 2. The maximum absolute atomic E-state index is 12.4. The van der Waals surface area contributed by atoms with Crippen LogP contribution >= 0.6 is 0 Å². The summed E-state index contributed by atoms with van der Waals surface area (Å²) in [4.78, 5) is 24.2. The van der Waals surface area contributed by atoms with Crippen LogP contribution < -0.4 is 0 Å². The van der Waals surface area contributed by atoms with Gasteiger partial charge in [0.25, 0.3) is 0 Å². The number of hydrogen-bond donors (Lipinski definition) is 0. The predicted octanol–water partition coefficient (Wildman–Crippen LogP) is 2.43. The fourth-order valence-corrected chi connectivity index (χ4v) is 3.66. The molecule has 0 amide bonds. The molecule has 3 aliphatic rings. The second-order valence-corrected chi connectivity index (χ2v) is 5.17. The summed E-state index contributed by atoms with van der Waals surface area (Å²) in [5, 5.41) is 0. The predicted molar refractivity (Wildman–Crippen MR) is 56.3 cm³/mol. The molecule has 0 N–H and O–H groups in total. The van der Waals surface area contributed by atoms with Gasteiger partial charge in [-0.15, -0.1) is 0 Å². The van der Waals surface area contributed by atoms with Gasteiger partial charge in [0, 0.05) is 0 Å². The Labute approximate surface area is 89.7 Å². The van der Waals surface area contributed by atoms with Crippen LogP contribution in [0.5, 0.6) is 0 Å². The van der Waals surface area contributed by atoms with Crippen molar-refractivity contribution in [3.8, 4) is 0 Å². The lowest BCUT2D eigenvalue weighted by Gasteiger charge is -2.33. The highest BCUT2D eigenvalue weighted by Gasteiger charge is 2.52. The van der Waals surface area contributed by atoms with Gasteiger partial charge in [-0.1, -0.05) is 18.4 Å². The third-order valence-electron chi connectivity index (χ3n) is 4.46. The highest BCUT2D eigenvalue weighted by Crippen LogP contribution is 2.53. The zero-order valence-electron chi connectivity index (χ0n) is 8.92. The van der Waals surface area contributed by atoms with Gasteiger partial charge in [-0.25, -0.2) is 0 Å². The Bertz CT molecular complexity index is 367. The lowest BCUT2D eigenvalue weighted by molar-refractivity contribution is -0.137. The number of carbonyl (C=O) groups excluding carboxylic acids is 2. The van der Waals surface area contributed by atoms with Crippen molar-refractivity contribution in [1.29, 1.82) is 0 Å². The van der Waals surface area contributed by atoms with Gasteiger partial charge in [0.15, 0.2) is 11.6 Å². The smallest absolute Gasteiger partial charge is 0.166 e. The van der Waals surface area contributed by atoms with E-state index in [2.05, 4.69) is 0 Å². The van der Waals surface area contributed by atoms with Crippen molar-refractivity contribution in [1.82, 2.24) is 0 Å². The Morgan fingerprint density at radius 3 is 2.80 bits per heavy atom. The first-order valence-corrected chi connectivity index (χ1v) is 6.03. The zero-order chi connectivity index (χ0) is 10.5. The molecule has 2 nitrogen and oxygen atoms in total. The molecule has 2 fully saturated rings. The number of Topliss-reactive ketones (excluding diaryl/α,β-unsaturated/α-hetero) is 1. The molecular weight excluding hydrogens is 188 g/mol. The molecule has 2 bridgehead atoms. The summed E-state index contributed by atoms with van der Waals surface area (Å²) in [6, 6.07) is 0. The minimum Gasteiger partial charge on any atom is -0.298 e. The van der Waals surface area contributed by atoms with Crippen molar-refractivity contribution in [2.75, 3.05) is 0 Å². The molecule has 0 aromatic rings. The van der Waals surface area contributed by atoms with Crippen LogP contribution in [0.2, 0.25) is 0 Å². The fraction of sp³-hybridized carbons (Fsp3) is 0.692. The second-order valence-electron chi connectivity index (χ2n) is 5.17. The van der Waals surface area contributed by atoms with Crippen molar-refractivity contribution in [2.45, 2.75) is 44.9 Å². The number of carbonyl (C=O) groups is 2. The molecule has 2 saturated carbocycles. The molecule has 0 saturated heterocycles. The molecule has 1 spiro atoms. The minimum atomic E-state index is -0.283. The molecule has 80 valence electrons. The van der Waals surface area contributed by atoms with E-state index in [9.17, 15) is 9.59 Å². The van der Waals surface area contributed by atoms with Gasteiger partial charge in [0.1, 0.15) is 0 Å². The summed E-state index contributed by atoms with van der Waals surface area (Å²) >= 11 is 0. The summed E-state index contributed by atoms with van der Waals surface area (Å²) in [5.74, 6) is 0.0729. The largest absolute Gasteiger partial charge is 0.298 e. The van der Waals surface area contributed by atoms with Gasteiger partial charge in [0.2, 0.25) is 0 Å². The molecule has 2 unspecified atom stereocenters. The van der Waals surface area contributed by atoms with Gasteiger partial charge in [-0.2, -0.15) is 0 Å². The third-order valence-corrected chi connectivity index (χ3v) is 4.46. The van der Waals surface area contributed by atoms with Crippen molar-refractivity contribution < 1.29 is 9.59 Å². The van der Waals surface area contributed by atoms with Crippen LogP contribution in [-0.2, 0) is 9.59 Å². The van der Waals surface area contributed by atoms with Crippen LogP contribution in [0.1, 0.15) is 44.9 Å². The standard InChI is InChI=1S/C13H16O2/c14-11-8-9-4-3-7-13(9)6-2-1-5-10(11)12(13)15/h8,10H,1-7H2. The molecule has 0 aromatic carbocycles. The number of rotatable bonds is 0. The fourth-order valence-electron chi connectivity index (χ4n) is 3.66. The summed E-state index contributed by atoms with van der Waals surface area (Å²) < 4.78 is 0. The Kier molecular flexibility index (Phi) is 1.88. The molecule has 3 rings (SSSR count). The maximum atomic E-state index is 12.4. The van der Waals surface area contributed by atoms with E-state index in [-0.39, 0.29) is 22.9 Å². The SMILES string of the molecule is O=C1C=C2CCCC23CCCCC1C3=O. The third kappa shape index (κ3) is 1.11. The molecule has 3 aliphatic carbocycles.